The van der Waals surface area contributed by atoms with E-state index in [9.17, 15) is 13.2 Å². The van der Waals surface area contributed by atoms with E-state index < -0.39 is 10.0 Å². The Morgan fingerprint density at radius 2 is 1.85 bits per heavy atom. The molecule has 2 heterocycles. The number of nitrogens with zero attached hydrogens (tertiary/aromatic N) is 3. The minimum Gasteiger partial charge on any atom is -0.371 e. The number of sulfonamides is 1. The summed E-state index contributed by atoms with van der Waals surface area (Å²) in [6.07, 6.45) is 7.01. The molecule has 3 aliphatic rings. The van der Waals surface area contributed by atoms with Gasteiger partial charge < -0.3 is 10.2 Å². The van der Waals surface area contributed by atoms with Crippen LogP contribution in [0.1, 0.15) is 66.9 Å². The monoisotopic (exact) mass is 488 g/mol. The third-order valence-electron chi connectivity index (χ3n) is 8.03. The summed E-state index contributed by atoms with van der Waals surface area (Å²) in [5.41, 5.74) is 2.43. The minimum atomic E-state index is -3.34. The number of carbonyl (C=O) groups excluding carboxylic acids is 1. The van der Waals surface area contributed by atoms with E-state index in [0.717, 1.165) is 36.4 Å². The Bertz CT molecular complexity index is 1030. The van der Waals surface area contributed by atoms with Crippen molar-refractivity contribution >= 4 is 21.8 Å². The molecular formula is C26H40N4O3S. The predicted octanol–water partition coefficient (Wildman–Crippen LogP) is 3.23. The molecule has 2 fully saturated rings. The van der Waals surface area contributed by atoms with Gasteiger partial charge in [-0.25, -0.2) is 12.7 Å². The van der Waals surface area contributed by atoms with Crippen molar-refractivity contribution in [1.29, 1.82) is 0 Å². The van der Waals surface area contributed by atoms with Crippen LogP contribution in [0.4, 0.5) is 0 Å². The van der Waals surface area contributed by atoms with Gasteiger partial charge in [-0.1, -0.05) is 25.8 Å². The summed E-state index contributed by atoms with van der Waals surface area (Å²) in [5.74, 6) is 2.60. The van der Waals surface area contributed by atoms with Gasteiger partial charge in [0.2, 0.25) is 10.0 Å². The van der Waals surface area contributed by atoms with E-state index in [4.69, 9.17) is 4.99 Å². The van der Waals surface area contributed by atoms with Gasteiger partial charge in [0.25, 0.3) is 5.91 Å². The summed E-state index contributed by atoms with van der Waals surface area (Å²) in [5, 5.41) is 3.58. The average molecular weight is 489 g/mol. The van der Waals surface area contributed by atoms with Crippen molar-refractivity contribution in [3.05, 3.63) is 34.9 Å². The molecule has 8 heteroatoms. The highest BCUT2D eigenvalue weighted by Gasteiger charge is 2.42. The fourth-order valence-corrected chi connectivity index (χ4v) is 7.04. The molecule has 4 rings (SSSR count). The second kappa shape index (κ2) is 9.97. The number of amides is 1. The van der Waals surface area contributed by atoms with Crippen molar-refractivity contribution in [2.45, 2.75) is 64.3 Å². The first-order valence-electron chi connectivity index (χ1n) is 12.7. The zero-order valence-electron chi connectivity index (χ0n) is 21.1. The van der Waals surface area contributed by atoms with Gasteiger partial charge >= 0.3 is 0 Å². The molecule has 0 aromatic heterocycles. The number of benzene rings is 1. The Balaban J connectivity index is 1.32. The van der Waals surface area contributed by atoms with Crippen molar-refractivity contribution in [3.8, 4) is 0 Å². The molecule has 1 aromatic carbocycles. The number of rotatable bonds is 6. The summed E-state index contributed by atoms with van der Waals surface area (Å²) >= 11 is 0. The Morgan fingerprint density at radius 3 is 2.47 bits per heavy atom. The second-order valence-corrected chi connectivity index (χ2v) is 12.9. The largest absolute Gasteiger partial charge is 0.371 e. The lowest BCUT2D eigenvalue weighted by molar-refractivity contribution is 0.0827. The van der Waals surface area contributed by atoms with Gasteiger partial charge in [-0.3, -0.25) is 9.79 Å². The molecule has 0 radical (unpaired) electrons. The zero-order valence-corrected chi connectivity index (χ0v) is 22.0. The molecule has 1 aromatic rings. The fraction of sp³-hybridized carbons (Fsp3) is 0.692. The summed E-state index contributed by atoms with van der Waals surface area (Å²) < 4.78 is 27.8. The third kappa shape index (κ3) is 5.48. The maximum absolute atomic E-state index is 13.1. The molecule has 1 saturated heterocycles. The quantitative estimate of drug-likeness (QED) is 0.667. The molecule has 1 saturated carbocycles. The van der Waals surface area contributed by atoms with Crippen molar-refractivity contribution in [2.24, 2.45) is 16.8 Å². The lowest BCUT2D eigenvalue weighted by Crippen LogP contribution is -2.48. The van der Waals surface area contributed by atoms with Gasteiger partial charge in [0.05, 0.1) is 11.3 Å². The van der Waals surface area contributed by atoms with Gasteiger partial charge in [-0.2, -0.15) is 0 Å². The van der Waals surface area contributed by atoms with Crippen LogP contribution in [0.3, 0.4) is 0 Å². The molecule has 2 aliphatic heterocycles. The van der Waals surface area contributed by atoms with Crippen LogP contribution in [0, 0.1) is 18.8 Å². The topological polar surface area (TPSA) is 82.1 Å². The normalized spacial score (nSPS) is 25.1. The summed E-state index contributed by atoms with van der Waals surface area (Å²) in [6, 6.07) is 5.53. The number of hydrogen-bond donors (Lipinski definition) is 1. The van der Waals surface area contributed by atoms with Crippen molar-refractivity contribution in [1.82, 2.24) is 14.5 Å². The van der Waals surface area contributed by atoms with Crippen LogP contribution in [-0.2, 0) is 16.4 Å². The molecule has 1 amide bonds. The Morgan fingerprint density at radius 1 is 1.18 bits per heavy atom. The van der Waals surface area contributed by atoms with E-state index in [1.807, 2.05) is 19.1 Å². The van der Waals surface area contributed by atoms with E-state index in [0.29, 0.717) is 31.0 Å². The van der Waals surface area contributed by atoms with E-state index in [1.54, 1.807) is 29.4 Å². The van der Waals surface area contributed by atoms with Gasteiger partial charge in [0.1, 0.15) is 5.84 Å². The van der Waals surface area contributed by atoms with Crippen LogP contribution >= 0.6 is 0 Å². The molecule has 0 unspecified atom stereocenters. The molecule has 1 spiro atoms. The molecule has 188 valence electrons. The maximum atomic E-state index is 13.1. The highest BCUT2D eigenvalue weighted by molar-refractivity contribution is 7.89. The number of amidine groups is 1. The number of nitrogens with one attached hydrogen (secondary N) is 1. The van der Waals surface area contributed by atoms with E-state index >= 15 is 0 Å². The average Bonchev–Trinajstić information content (AvgIpc) is 3.21. The van der Waals surface area contributed by atoms with Crippen molar-refractivity contribution in [3.63, 3.8) is 0 Å². The number of piperidine rings is 1. The Labute approximate surface area is 205 Å². The third-order valence-corrected chi connectivity index (χ3v) is 9.90. The van der Waals surface area contributed by atoms with Gasteiger partial charge in [-0.15, -0.1) is 0 Å². The Hall–Kier alpha value is -1.93. The first-order valence-corrected chi connectivity index (χ1v) is 14.3. The number of hydrogen-bond acceptors (Lipinski definition) is 5. The van der Waals surface area contributed by atoms with Crippen LogP contribution in [0.2, 0.25) is 0 Å². The molecular weight excluding hydrogens is 448 g/mol. The van der Waals surface area contributed by atoms with Crippen LogP contribution < -0.4 is 5.32 Å². The molecule has 7 nitrogen and oxygen atoms in total. The first-order chi connectivity index (χ1) is 16.1. The molecule has 0 atom stereocenters. The molecule has 1 aliphatic carbocycles. The Kier molecular flexibility index (Phi) is 7.38. The van der Waals surface area contributed by atoms with Gasteiger partial charge in [0, 0.05) is 45.2 Å². The van der Waals surface area contributed by atoms with Crippen LogP contribution in [0.5, 0.6) is 0 Å². The van der Waals surface area contributed by atoms with Crippen molar-refractivity contribution in [2.75, 3.05) is 39.5 Å². The summed E-state index contributed by atoms with van der Waals surface area (Å²) in [4.78, 5) is 18.9. The first kappa shape index (κ1) is 25.2. The van der Waals surface area contributed by atoms with E-state index in [1.165, 1.54) is 31.5 Å². The molecule has 34 heavy (non-hydrogen) atoms. The second-order valence-electron chi connectivity index (χ2n) is 10.8. The lowest BCUT2D eigenvalue weighted by atomic mass is 9.82. The standard InChI is InChI=1S/C26H40N4O3S/c1-19-5-7-22(8-6-19)24-27-18-26(28-24)12-14-30(15-13-26)34(32,33)16-11-21-9-10-23(17-20(21)2)25(31)29(3)4/h9-10,17,19,22H,5-8,11-16,18H2,1-4H3,(H,27,28). The summed E-state index contributed by atoms with van der Waals surface area (Å²) in [6.45, 7) is 6.20. The molecule has 0 bridgehead atoms. The van der Waals surface area contributed by atoms with Crippen LogP contribution in [0.25, 0.3) is 0 Å². The number of aryl methyl sites for hydroxylation is 2. The number of aliphatic imine (C=N–C) groups is 1. The van der Waals surface area contributed by atoms with E-state index in [-0.39, 0.29) is 17.2 Å². The van der Waals surface area contributed by atoms with Crippen LogP contribution in [0.15, 0.2) is 23.2 Å². The van der Waals surface area contributed by atoms with Crippen molar-refractivity contribution < 1.29 is 13.2 Å². The summed E-state index contributed by atoms with van der Waals surface area (Å²) in [7, 11) is 0.119. The van der Waals surface area contributed by atoms with Gasteiger partial charge in [0.15, 0.2) is 0 Å². The molecule has 1 N–H and O–H groups in total. The van der Waals surface area contributed by atoms with Gasteiger partial charge in [-0.05, 0) is 68.2 Å². The minimum absolute atomic E-state index is 0.0465. The predicted molar refractivity (Wildman–Crippen MR) is 137 cm³/mol. The highest BCUT2D eigenvalue weighted by Crippen LogP contribution is 2.35. The smallest absolute Gasteiger partial charge is 0.253 e. The zero-order chi connectivity index (χ0) is 24.5. The number of carbonyl (C=O) groups is 1. The lowest BCUT2D eigenvalue weighted by Gasteiger charge is -2.36. The highest BCUT2D eigenvalue weighted by atomic mass is 32.2. The fourth-order valence-electron chi connectivity index (χ4n) is 5.56. The van der Waals surface area contributed by atoms with Crippen LogP contribution in [-0.4, -0.2) is 74.4 Å². The van der Waals surface area contributed by atoms with E-state index in [2.05, 4.69) is 12.2 Å². The maximum Gasteiger partial charge on any atom is 0.253 e. The SMILES string of the molecule is Cc1cc(C(=O)N(C)C)ccc1CCS(=O)(=O)N1CCC2(CC1)CNC(C1CCC(C)CC1)=N2.